The maximum atomic E-state index is 13.5. The number of amides is 1. The Morgan fingerprint density at radius 1 is 1.29 bits per heavy atom. The number of nitrogens with zero attached hydrogens (tertiary/aromatic N) is 1. The van der Waals surface area contributed by atoms with E-state index >= 15 is 0 Å². The molecule has 1 unspecified atom stereocenters. The minimum absolute atomic E-state index is 0.107. The summed E-state index contributed by atoms with van der Waals surface area (Å²) in [6, 6.07) is 6.66. The first kappa shape index (κ1) is 14.5. The van der Waals surface area contributed by atoms with E-state index in [4.69, 9.17) is 4.74 Å². The number of benzene rings is 1. The lowest BCUT2D eigenvalue weighted by Crippen LogP contribution is -2.30. The zero-order valence-corrected chi connectivity index (χ0v) is 12.3. The molecule has 1 saturated heterocycles. The normalized spacial score (nSPS) is 21.8. The molecule has 114 valence electrons. The van der Waals surface area contributed by atoms with Crippen LogP contribution in [0.25, 0.3) is 0 Å². The highest BCUT2D eigenvalue weighted by Gasteiger charge is 2.29. The topological polar surface area (TPSA) is 29.5 Å². The smallest absolute Gasteiger partial charge is 0.222 e. The van der Waals surface area contributed by atoms with E-state index < -0.39 is 0 Å². The molecule has 1 atom stereocenters. The van der Waals surface area contributed by atoms with Crippen molar-refractivity contribution in [2.24, 2.45) is 5.92 Å². The fourth-order valence-corrected chi connectivity index (χ4v) is 2.75. The average Bonchev–Trinajstić information content (AvgIpc) is 3.20. The van der Waals surface area contributed by atoms with Crippen molar-refractivity contribution in [3.05, 3.63) is 35.6 Å². The fourth-order valence-electron chi connectivity index (χ4n) is 2.75. The first-order chi connectivity index (χ1) is 10.2. The molecule has 1 heterocycles. The summed E-state index contributed by atoms with van der Waals surface area (Å²) < 4.78 is 19.4. The number of carbonyl (C=O) groups excluding carboxylic acids is 1. The first-order valence-electron chi connectivity index (χ1n) is 7.85. The van der Waals surface area contributed by atoms with Gasteiger partial charge < -0.3 is 9.64 Å². The molecule has 1 aromatic carbocycles. The van der Waals surface area contributed by atoms with Crippen LogP contribution >= 0.6 is 0 Å². The standard InChI is InChI=1S/C17H22FNO2/c18-16-4-2-1-3-14(16)7-8-17(20)19-10-9-15(11-19)21-12-13-5-6-13/h1-4,13,15H,5-12H2. The molecule has 0 aromatic heterocycles. The van der Waals surface area contributed by atoms with Crippen LogP contribution in [0.3, 0.4) is 0 Å². The van der Waals surface area contributed by atoms with E-state index in [0.717, 1.165) is 25.5 Å². The van der Waals surface area contributed by atoms with Gasteiger partial charge in [0, 0.05) is 26.1 Å². The SMILES string of the molecule is O=C(CCc1ccccc1F)N1CCC(OCC2CC2)C1. The molecule has 1 saturated carbocycles. The van der Waals surface area contributed by atoms with Crippen molar-refractivity contribution in [1.82, 2.24) is 4.90 Å². The largest absolute Gasteiger partial charge is 0.376 e. The average molecular weight is 291 g/mol. The van der Waals surface area contributed by atoms with Gasteiger partial charge in [-0.05, 0) is 43.2 Å². The number of carbonyl (C=O) groups is 1. The lowest BCUT2D eigenvalue weighted by Gasteiger charge is -2.17. The summed E-state index contributed by atoms with van der Waals surface area (Å²) in [4.78, 5) is 14.0. The molecule has 3 nitrogen and oxygen atoms in total. The molecule has 2 fully saturated rings. The van der Waals surface area contributed by atoms with Crippen molar-refractivity contribution in [2.75, 3.05) is 19.7 Å². The second kappa shape index (κ2) is 6.56. The number of hydrogen-bond donors (Lipinski definition) is 0. The van der Waals surface area contributed by atoms with E-state index in [1.807, 2.05) is 4.90 Å². The Morgan fingerprint density at radius 3 is 2.86 bits per heavy atom. The second-order valence-corrected chi connectivity index (χ2v) is 6.12. The van der Waals surface area contributed by atoms with Gasteiger partial charge in [-0.25, -0.2) is 4.39 Å². The van der Waals surface area contributed by atoms with E-state index in [0.29, 0.717) is 24.9 Å². The van der Waals surface area contributed by atoms with Crippen LogP contribution in [0, 0.1) is 11.7 Å². The molecule has 21 heavy (non-hydrogen) atoms. The van der Waals surface area contributed by atoms with E-state index in [1.165, 1.54) is 18.9 Å². The summed E-state index contributed by atoms with van der Waals surface area (Å²) in [5, 5.41) is 0. The van der Waals surface area contributed by atoms with Crippen LogP contribution in [0.4, 0.5) is 4.39 Å². The van der Waals surface area contributed by atoms with Crippen LogP contribution in [0.2, 0.25) is 0 Å². The van der Waals surface area contributed by atoms with Gasteiger partial charge in [0.25, 0.3) is 0 Å². The van der Waals surface area contributed by atoms with Gasteiger partial charge in [-0.15, -0.1) is 0 Å². The number of aryl methyl sites for hydroxylation is 1. The van der Waals surface area contributed by atoms with E-state index in [-0.39, 0.29) is 17.8 Å². The van der Waals surface area contributed by atoms with Crippen LogP contribution in [-0.4, -0.2) is 36.6 Å². The van der Waals surface area contributed by atoms with E-state index in [9.17, 15) is 9.18 Å². The Bertz CT molecular complexity index is 501. The second-order valence-electron chi connectivity index (χ2n) is 6.12. The van der Waals surface area contributed by atoms with Crippen molar-refractivity contribution < 1.29 is 13.9 Å². The molecule has 3 rings (SSSR count). The Balaban J connectivity index is 1.42. The molecule has 1 aliphatic heterocycles. The summed E-state index contributed by atoms with van der Waals surface area (Å²) in [5.41, 5.74) is 0.617. The fraction of sp³-hybridized carbons (Fsp3) is 0.588. The lowest BCUT2D eigenvalue weighted by molar-refractivity contribution is -0.130. The predicted octanol–water partition coefficient (Wildman–Crippen LogP) is 2.79. The zero-order valence-electron chi connectivity index (χ0n) is 12.3. The molecule has 1 aromatic rings. The molecule has 1 amide bonds. The number of likely N-dealkylation sites (tertiary alicyclic amines) is 1. The third kappa shape index (κ3) is 4.03. The predicted molar refractivity (Wildman–Crippen MR) is 78.4 cm³/mol. The lowest BCUT2D eigenvalue weighted by atomic mass is 10.1. The maximum Gasteiger partial charge on any atom is 0.222 e. The molecular formula is C17H22FNO2. The minimum atomic E-state index is -0.225. The summed E-state index contributed by atoms with van der Waals surface area (Å²) in [6.07, 6.45) is 4.54. The summed E-state index contributed by atoms with van der Waals surface area (Å²) in [7, 11) is 0. The molecule has 0 radical (unpaired) electrons. The Morgan fingerprint density at radius 2 is 2.10 bits per heavy atom. The van der Waals surface area contributed by atoms with Crippen molar-refractivity contribution in [3.8, 4) is 0 Å². The number of rotatable bonds is 6. The van der Waals surface area contributed by atoms with Gasteiger partial charge in [0.2, 0.25) is 5.91 Å². The van der Waals surface area contributed by atoms with Gasteiger partial charge in [0.05, 0.1) is 6.10 Å². The van der Waals surface area contributed by atoms with Crippen LogP contribution in [-0.2, 0) is 16.0 Å². The van der Waals surface area contributed by atoms with Crippen LogP contribution in [0.5, 0.6) is 0 Å². The quantitative estimate of drug-likeness (QED) is 0.806. The molecular weight excluding hydrogens is 269 g/mol. The Kier molecular flexibility index (Phi) is 4.54. The third-order valence-corrected chi connectivity index (χ3v) is 4.33. The molecule has 1 aliphatic carbocycles. The van der Waals surface area contributed by atoms with Crippen molar-refractivity contribution in [3.63, 3.8) is 0 Å². The summed E-state index contributed by atoms with van der Waals surface area (Å²) in [5.74, 6) is 0.643. The molecule has 2 aliphatic rings. The molecule has 4 heteroatoms. The van der Waals surface area contributed by atoms with Gasteiger partial charge in [-0.2, -0.15) is 0 Å². The van der Waals surface area contributed by atoms with Crippen molar-refractivity contribution in [2.45, 2.75) is 38.2 Å². The molecule has 0 spiro atoms. The van der Waals surface area contributed by atoms with Gasteiger partial charge >= 0.3 is 0 Å². The van der Waals surface area contributed by atoms with Gasteiger partial charge in [0.15, 0.2) is 0 Å². The van der Waals surface area contributed by atoms with Gasteiger partial charge in [-0.3, -0.25) is 4.79 Å². The highest BCUT2D eigenvalue weighted by Crippen LogP contribution is 2.30. The number of halogens is 1. The van der Waals surface area contributed by atoms with Gasteiger partial charge in [-0.1, -0.05) is 18.2 Å². The summed E-state index contributed by atoms with van der Waals surface area (Å²) in [6.45, 7) is 2.32. The van der Waals surface area contributed by atoms with Crippen LogP contribution in [0.1, 0.15) is 31.2 Å². The minimum Gasteiger partial charge on any atom is -0.376 e. The first-order valence-corrected chi connectivity index (χ1v) is 7.85. The Labute approximate surface area is 125 Å². The Hall–Kier alpha value is -1.42. The van der Waals surface area contributed by atoms with E-state index in [2.05, 4.69) is 0 Å². The molecule has 0 bridgehead atoms. The number of hydrogen-bond acceptors (Lipinski definition) is 2. The summed E-state index contributed by atoms with van der Waals surface area (Å²) >= 11 is 0. The van der Waals surface area contributed by atoms with E-state index in [1.54, 1.807) is 18.2 Å². The van der Waals surface area contributed by atoms with Crippen LogP contribution in [0.15, 0.2) is 24.3 Å². The molecule has 0 N–H and O–H groups in total. The maximum absolute atomic E-state index is 13.5. The third-order valence-electron chi connectivity index (χ3n) is 4.33. The monoisotopic (exact) mass is 291 g/mol. The highest BCUT2D eigenvalue weighted by atomic mass is 19.1. The van der Waals surface area contributed by atoms with Crippen molar-refractivity contribution in [1.29, 1.82) is 0 Å². The van der Waals surface area contributed by atoms with Gasteiger partial charge in [0.1, 0.15) is 5.82 Å². The van der Waals surface area contributed by atoms with Crippen molar-refractivity contribution >= 4 is 5.91 Å². The van der Waals surface area contributed by atoms with Crippen LogP contribution < -0.4 is 0 Å². The zero-order chi connectivity index (χ0) is 14.7. The highest BCUT2D eigenvalue weighted by molar-refractivity contribution is 5.76. The number of ether oxygens (including phenoxy) is 1.